The molecule has 0 aliphatic rings. The summed E-state index contributed by atoms with van der Waals surface area (Å²) in [6.45, 7) is 21.0. The summed E-state index contributed by atoms with van der Waals surface area (Å²) < 4.78 is 1.38. The molecule has 3 nitrogen and oxygen atoms in total. The Balaban J connectivity index is 0.000000481. The van der Waals surface area contributed by atoms with Crippen LogP contribution < -0.4 is 5.11 Å². The molecule has 0 amide bonds. The molecule has 0 heterocycles. The van der Waals surface area contributed by atoms with Crippen molar-refractivity contribution in [2.24, 2.45) is 0 Å². The second kappa shape index (κ2) is 12.1. The fourth-order valence-electron chi connectivity index (χ4n) is 3.67. The van der Waals surface area contributed by atoms with Crippen LogP contribution in [0.15, 0.2) is 24.3 Å². The summed E-state index contributed by atoms with van der Waals surface area (Å²) in [5, 5.41) is 10.5. The Morgan fingerprint density at radius 1 is 0.808 bits per heavy atom. The molecule has 0 spiro atoms. The smallest absolute Gasteiger partial charge is 0.0783 e. The largest absolute Gasteiger partial charge is 0.545 e. The Morgan fingerprint density at radius 3 is 1.38 bits per heavy atom. The van der Waals surface area contributed by atoms with Crippen molar-refractivity contribution in [2.45, 2.75) is 79.6 Å². The van der Waals surface area contributed by atoms with Crippen molar-refractivity contribution >= 4 is 5.97 Å². The van der Waals surface area contributed by atoms with E-state index in [2.05, 4.69) is 48.5 Å². The van der Waals surface area contributed by atoms with Crippen LogP contribution in [-0.4, -0.2) is 36.6 Å². The van der Waals surface area contributed by atoms with Gasteiger partial charge in [-0.25, -0.2) is 0 Å². The van der Waals surface area contributed by atoms with E-state index in [4.69, 9.17) is 0 Å². The Bertz CT molecular complexity index is 470. The number of rotatable bonds is 9. The molecule has 1 rings (SSSR count). The summed E-state index contributed by atoms with van der Waals surface area (Å²) in [5.74, 6) is -1.12. The van der Waals surface area contributed by atoms with Crippen LogP contribution in [0, 0.1) is 0 Å². The molecule has 0 N–H and O–H groups in total. The number of nitrogens with zero attached hydrogens (tertiary/aromatic N) is 1. The van der Waals surface area contributed by atoms with Gasteiger partial charge in [0.25, 0.3) is 0 Å². The molecule has 3 heteroatoms. The third-order valence-corrected chi connectivity index (χ3v) is 4.78. The van der Waals surface area contributed by atoms with Crippen LogP contribution in [-0.2, 0) is 5.41 Å². The second-order valence-corrected chi connectivity index (χ2v) is 8.35. The number of quaternary nitrogens is 1. The number of carbonyl (C=O) groups excluding carboxylic acids is 1. The summed E-state index contributed by atoms with van der Waals surface area (Å²) in [6.07, 6.45) is 5.33. The second-order valence-electron chi connectivity index (χ2n) is 8.35. The van der Waals surface area contributed by atoms with Gasteiger partial charge in [0.1, 0.15) is 0 Å². The van der Waals surface area contributed by atoms with Crippen molar-refractivity contribution in [3.63, 3.8) is 0 Å². The molecule has 0 aliphatic carbocycles. The standard InChI is InChI=1S/C12H28N.C11H14O2/c1-5-9-13(10-6-2,11-7-3)12-8-4;1-11(2,3)9-6-4-8(5-7-9)10(12)13/h5-12H2,1-4H3;4-7H,1-3H3,(H,12,13)/q+1;/p-1. The molecule has 0 aromatic heterocycles. The van der Waals surface area contributed by atoms with Gasteiger partial charge < -0.3 is 14.4 Å². The molecule has 0 radical (unpaired) electrons. The third-order valence-electron chi connectivity index (χ3n) is 4.78. The van der Waals surface area contributed by atoms with Gasteiger partial charge >= 0.3 is 0 Å². The molecule has 26 heavy (non-hydrogen) atoms. The zero-order valence-corrected chi connectivity index (χ0v) is 18.2. The minimum Gasteiger partial charge on any atom is -0.545 e. The minimum absolute atomic E-state index is 0.0600. The Labute approximate surface area is 162 Å². The van der Waals surface area contributed by atoms with E-state index in [1.54, 1.807) is 12.1 Å². The van der Waals surface area contributed by atoms with E-state index in [0.29, 0.717) is 0 Å². The molecule has 0 saturated carbocycles. The molecule has 1 aromatic carbocycles. The van der Waals surface area contributed by atoms with E-state index >= 15 is 0 Å². The summed E-state index contributed by atoms with van der Waals surface area (Å²) in [4.78, 5) is 10.5. The number of benzene rings is 1. The van der Waals surface area contributed by atoms with Crippen LogP contribution in [0.4, 0.5) is 0 Å². The van der Waals surface area contributed by atoms with Crippen LogP contribution in [0.3, 0.4) is 0 Å². The van der Waals surface area contributed by atoms with E-state index < -0.39 is 5.97 Å². The summed E-state index contributed by atoms with van der Waals surface area (Å²) in [7, 11) is 0. The first-order valence-electron chi connectivity index (χ1n) is 10.3. The molecule has 0 saturated heterocycles. The normalized spacial score (nSPS) is 11.7. The van der Waals surface area contributed by atoms with Crippen molar-refractivity contribution in [3.8, 4) is 0 Å². The van der Waals surface area contributed by atoms with E-state index in [1.165, 1.54) is 56.3 Å². The van der Waals surface area contributed by atoms with Gasteiger partial charge in [-0.1, -0.05) is 72.7 Å². The Hall–Kier alpha value is -1.35. The highest BCUT2D eigenvalue weighted by molar-refractivity contribution is 5.85. The molecule has 150 valence electrons. The highest BCUT2D eigenvalue weighted by Crippen LogP contribution is 2.21. The molecule has 1 aromatic rings. The van der Waals surface area contributed by atoms with Crippen LogP contribution in [0.2, 0.25) is 0 Å². The maximum atomic E-state index is 10.5. The van der Waals surface area contributed by atoms with Gasteiger partial charge in [0.05, 0.1) is 32.1 Å². The predicted octanol–water partition coefficient (Wildman–Crippen LogP) is 4.79. The van der Waals surface area contributed by atoms with Crippen molar-refractivity contribution in [1.82, 2.24) is 0 Å². The van der Waals surface area contributed by atoms with E-state index in [1.807, 2.05) is 12.1 Å². The van der Waals surface area contributed by atoms with Gasteiger partial charge in [0, 0.05) is 0 Å². The zero-order chi connectivity index (χ0) is 20.2. The van der Waals surface area contributed by atoms with Crippen molar-refractivity contribution < 1.29 is 14.4 Å². The predicted molar refractivity (Wildman–Crippen MR) is 110 cm³/mol. The summed E-state index contributed by atoms with van der Waals surface area (Å²) in [5.41, 5.74) is 1.41. The van der Waals surface area contributed by atoms with E-state index in [0.717, 1.165) is 5.56 Å². The van der Waals surface area contributed by atoms with Crippen LogP contribution in [0.1, 0.15) is 90.1 Å². The highest BCUT2D eigenvalue weighted by Gasteiger charge is 2.22. The number of carboxylic acid groups (broad SMARTS) is 1. The fourth-order valence-corrected chi connectivity index (χ4v) is 3.67. The summed E-state index contributed by atoms with van der Waals surface area (Å²) >= 11 is 0. The van der Waals surface area contributed by atoms with Gasteiger partial charge in [-0.05, 0) is 42.2 Å². The van der Waals surface area contributed by atoms with Gasteiger partial charge in [-0.15, -0.1) is 0 Å². The SMILES string of the molecule is CC(C)(C)c1ccc(C(=O)[O-])cc1.CCC[N+](CCC)(CCC)CCC. The topological polar surface area (TPSA) is 40.1 Å². The molecular weight excluding hydrogens is 322 g/mol. The first-order chi connectivity index (χ1) is 12.2. The molecular formula is C23H41NO2. The van der Waals surface area contributed by atoms with Crippen LogP contribution in [0.25, 0.3) is 0 Å². The number of hydrogen-bond donors (Lipinski definition) is 0. The van der Waals surface area contributed by atoms with Crippen molar-refractivity contribution in [3.05, 3.63) is 35.4 Å². The van der Waals surface area contributed by atoms with Gasteiger partial charge in [-0.3, -0.25) is 0 Å². The van der Waals surface area contributed by atoms with Gasteiger partial charge in [0.15, 0.2) is 0 Å². The lowest BCUT2D eigenvalue weighted by atomic mass is 9.87. The van der Waals surface area contributed by atoms with E-state index in [-0.39, 0.29) is 11.0 Å². The first-order valence-corrected chi connectivity index (χ1v) is 10.3. The number of carbonyl (C=O) groups is 1. The Morgan fingerprint density at radius 2 is 1.15 bits per heavy atom. The molecule has 0 aliphatic heterocycles. The van der Waals surface area contributed by atoms with Crippen LogP contribution in [0.5, 0.6) is 0 Å². The maximum Gasteiger partial charge on any atom is 0.0783 e. The average Bonchev–Trinajstić information content (AvgIpc) is 2.56. The first kappa shape index (κ1) is 24.7. The molecule has 0 atom stereocenters. The third kappa shape index (κ3) is 8.84. The maximum absolute atomic E-state index is 10.5. The zero-order valence-electron chi connectivity index (χ0n) is 18.2. The lowest BCUT2D eigenvalue weighted by Crippen LogP contribution is -2.50. The molecule has 0 fully saturated rings. The minimum atomic E-state index is -1.12. The van der Waals surface area contributed by atoms with Gasteiger partial charge in [-0.2, -0.15) is 0 Å². The lowest BCUT2D eigenvalue weighted by Gasteiger charge is -2.38. The quantitative estimate of drug-likeness (QED) is 0.592. The van der Waals surface area contributed by atoms with Crippen molar-refractivity contribution in [1.29, 1.82) is 0 Å². The fraction of sp³-hybridized carbons (Fsp3) is 0.696. The highest BCUT2D eigenvalue weighted by atomic mass is 16.4. The average molecular weight is 364 g/mol. The van der Waals surface area contributed by atoms with E-state index in [9.17, 15) is 9.90 Å². The van der Waals surface area contributed by atoms with Crippen LogP contribution >= 0.6 is 0 Å². The lowest BCUT2D eigenvalue weighted by molar-refractivity contribution is -0.928. The molecule has 0 bridgehead atoms. The number of aromatic carboxylic acids is 1. The van der Waals surface area contributed by atoms with Gasteiger partial charge in [0.2, 0.25) is 0 Å². The monoisotopic (exact) mass is 363 g/mol. The number of hydrogen-bond acceptors (Lipinski definition) is 2. The summed E-state index contributed by atoms with van der Waals surface area (Å²) in [6, 6.07) is 6.81. The number of carboxylic acids is 1. The molecule has 0 unspecified atom stereocenters. The Kier molecular flexibility index (Phi) is 11.5. The van der Waals surface area contributed by atoms with Crippen molar-refractivity contribution in [2.75, 3.05) is 26.2 Å².